The monoisotopic (exact) mass is 459 g/mol. The number of hydrogen-bond acceptors (Lipinski definition) is 6. The molecule has 1 fully saturated rings. The lowest BCUT2D eigenvalue weighted by Crippen LogP contribution is -2.43. The number of rotatable bonds is 6. The van der Waals surface area contributed by atoms with Crippen molar-refractivity contribution in [1.82, 2.24) is 4.31 Å². The average Bonchev–Trinajstić information content (AvgIpc) is 2.80. The number of anilines is 2. The van der Waals surface area contributed by atoms with Crippen LogP contribution in [0, 0.1) is 5.92 Å². The van der Waals surface area contributed by atoms with E-state index in [4.69, 9.17) is 9.47 Å². The summed E-state index contributed by atoms with van der Waals surface area (Å²) in [5.41, 5.74) is 0.880. The molecule has 2 aliphatic rings. The first-order valence-electron chi connectivity index (χ1n) is 10.5. The van der Waals surface area contributed by atoms with Crippen LogP contribution in [0.4, 0.5) is 11.4 Å². The fraction of sp³-hybridized carbons (Fsp3) is 0.364. The highest BCUT2D eigenvalue weighted by molar-refractivity contribution is 7.89. The standard InChI is InChI=1S/C22H25N3O6S/c1-2-30-19-8-4-3-7-17(19)24-22(27)15-6-5-11-25(13-15)32(28,29)16-9-10-20-18(12-16)23-21(26)14-31-20/h3-4,7-10,12,15H,2,5-6,11,13-14H2,1H3,(H,23,26)(H,24,27)/t15-/m0/s1. The Morgan fingerprint density at radius 1 is 1.28 bits per heavy atom. The maximum Gasteiger partial charge on any atom is 0.262 e. The van der Waals surface area contributed by atoms with Gasteiger partial charge in [-0.05, 0) is 50.1 Å². The van der Waals surface area contributed by atoms with Gasteiger partial charge in [-0.1, -0.05) is 12.1 Å². The Hall–Kier alpha value is -3.11. The zero-order valence-electron chi connectivity index (χ0n) is 17.7. The van der Waals surface area contributed by atoms with Crippen LogP contribution in [0.25, 0.3) is 0 Å². The van der Waals surface area contributed by atoms with Crippen LogP contribution in [0.2, 0.25) is 0 Å². The molecule has 0 bridgehead atoms. The number of amides is 2. The van der Waals surface area contributed by atoms with Crippen molar-refractivity contribution in [3.05, 3.63) is 42.5 Å². The van der Waals surface area contributed by atoms with Crippen molar-refractivity contribution in [2.45, 2.75) is 24.7 Å². The Kier molecular flexibility index (Phi) is 6.33. The number of piperidine rings is 1. The van der Waals surface area contributed by atoms with Gasteiger partial charge in [0.25, 0.3) is 5.91 Å². The lowest BCUT2D eigenvalue weighted by Gasteiger charge is -2.31. The molecule has 0 aromatic heterocycles. The number of nitrogens with zero attached hydrogens (tertiary/aromatic N) is 1. The molecule has 32 heavy (non-hydrogen) atoms. The van der Waals surface area contributed by atoms with Gasteiger partial charge in [0, 0.05) is 13.1 Å². The molecule has 2 aliphatic heterocycles. The van der Waals surface area contributed by atoms with Crippen LogP contribution >= 0.6 is 0 Å². The predicted octanol–water partition coefficient (Wildman–Crippen LogP) is 2.46. The number of sulfonamides is 1. The van der Waals surface area contributed by atoms with E-state index < -0.39 is 15.9 Å². The molecule has 1 saturated heterocycles. The molecule has 2 N–H and O–H groups in total. The fourth-order valence-corrected chi connectivity index (χ4v) is 5.38. The predicted molar refractivity (Wildman–Crippen MR) is 118 cm³/mol. The highest BCUT2D eigenvalue weighted by Crippen LogP contribution is 2.33. The number of fused-ring (bicyclic) bond motifs is 1. The van der Waals surface area contributed by atoms with Crippen LogP contribution in [-0.4, -0.2) is 50.8 Å². The molecule has 0 saturated carbocycles. The molecule has 0 unspecified atom stereocenters. The molecule has 0 aliphatic carbocycles. The van der Waals surface area contributed by atoms with Gasteiger partial charge in [-0.2, -0.15) is 4.31 Å². The Labute approximate surface area is 186 Å². The van der Waals surface area contributed by atoms with Gasteiger partial charge in [-0.3, -0.25) is 9.59 Å². The summed E-state index contributed by atoms with van der Waals surface area (Å²) in [6.45, 7) is 2.62. The van der Waals surface area contributed by atoms with Gasteiger partial charge in [-0.25, -0.2) is 8.42 Å². The average molecular weight is 460 g/mol. The number of nitrogens with one attached hydrogen (secondary N) is 2. The minimum absolute atomic E-state index is 0.0461. The molecule has 1 atom stereocenters. The van der Waals surface area contributed by atoms with Gasteiger partial charge in [-0.15, -0.1) is 0 Å². The number of carbonyl (C=O) groups excluding carboxylic acids is 2. The first kappa shape index (κ1) is 22.1. The SMILES string of the molecule is CCOc1ccccc1NC(=O)[C@H]1CCCN(S(=O)(=O)c2ccc3c(c2)NC(=O)CO3)C1. The number of hydrogen-bond donors (Lipinski definition) is 2. The normalized spacial score (nSPS) is 18.8. The van der Waals surface area contributed by atoms with E-state index in [-0.39, 0.29) is 29.9 Å². The van der Waals surface area contributed by atoms with E-state index in [1.54, 1.807) is 18.2 Å². The molecule has 2 aromatic carbocycles. The quantitative estimate of drug-likeness (QED) is 0.686. The Morgan fingerprint density at radius 3 is 2.91 bits per heavy atom. The van der Waals surface area contributed by atoms with Gasteiger partial charge in [0.05, 0.1) is 28.8 Å². The number of ether oxygens (including phenoxy) is 2. The second-order valence-corrected chi connectivity index (χ2v) is 9.55. The smallest absolute Gasteiger partial charge is 0.262 e. The number of para-hydroxylation sites is 2. The van der Waals surface area contributed by atoms with E-state index in [2.05, 4.69) is 10.6 Å². The van der Waals surface area contributed by atoms with Crippen molar-refractivity contribution in [2.75, 3.05) is 36.9 Å². The van der Waals surface area contributed by atoms with Crippen LogP contribution < -0.4 is 20.1 Å². The van der Waals surface area contributed by atoms with E-state index in [0.29, 0.717) is 48.9 Å². The van der Waals surface area contributed by atoms with Crippen LogP contribution in [0.15, 0.2) is 47.4 Å². The van der Waals surface area contributed by atoms with Crippen molar-refractivity contribution in [1.29, 1.82) is 0 Å². The minimum atomic E-state index is -3.85. The maximum absolute atomic E-state index is 13.2. The molecule has 2 amide bonds. The van der Waals surface area contributed by atoms with Crippen LogP contribution in [0.5, 0.6) is 11.5 Å². The van der Waals surface area contributed by atoms with Gasteiger partial charge >= 0.3 is 0 Å². The molecule has 170 valence electrons. The second kappa shape index (κ2) is 9.17. The second-order valence-electron chi connectivity index (χ2n) is 7.62. The molecule has 2 heterocycles. The third kappa shape index (κ3) is 4.56. The highest BCUT2D eigenvalue weighted by Gasteiger charge is 2.34. The maximum atomic E-state index is 13.2. The van der Waals surface area contributed by atoms with E-state index in [1.807, 2.05) is 13.0 Å². The van der Waals surface area contributed by atoms with E-state index in [9.17, 15) is 18.0 Å². The molecule has 0 radical (unpaired) electrons. The summed E-state index contributed by atoms with van der Waals surface area (Å²) >= 11 is 0. The lowest BCUT2D eigenvalue weighted by atomic mass is 9.98. The fourth-order valence-electron chi connectivity index (χ4n) is 3.83. The molecule has 4 rings (SSSR count). The summed E-state index contributed by atoms with van der Waals surface area (Å²) < 4.78 is 38.7. The largest absolute Gasteiger partial charge is 0.492 e. The number of benzene rings is 2. The first-order chi connectivity index (χ1) is 15.4. The highest BCUT2D eigenvalue weighted by atomic mass is 32.2. The van der Waals surface area contributed by atoms with Gasteiger partial charge in [0.15, 0.2) is 6.61 Å². The Bertz CT molecular complexity index is 1130. The van der Waals surface area contributed by atoms with Crippen molar-refractivity contribution >= 4 is 33.2 Å². The van der Waals surface area contributed by atoms with E-state index in [0.717, 1.165) is 0 Å². The first-order valence-corrected chi connectivity index (χ1v) is 11.9. The summed E-state index contributed by atoms with van der Waals surface area (Å²) in [6, 6.07) is 11.5. The van der Waals surface area contributed by atoms with Gasteiger partial charge < -0.3 is 20.1 Å². The summed E-state index contributed by atoms with van der Waals surface area (Å²) in [5, 5.41) is 5.50. The van der Waals surface area contributed by atoms with Crippen molar-refractivity contribution in [3.8, 4) is 11.5 Å². The van der Waals surface area contributed by atoms with Gasteiger partial charge in [0.1, 0.15) is 11.5 Å². The van der Waals surface area contributed by atoms with Crippen molar-refractivity contribution in [3.63, 3.8) is 0 Å². The zero-order valence-corrected chi connectivity index (χ0v) is 18.5. The van der Waals surface area contributed by atoms with Crippen LogP contribution in [0.1, 0.15) is 19.8 Å². The summed E-state index contributed by atoms with van der Waals surface area (Å²) in [5.74, 6) is -0.0829. The third-order valence-corrected chi connectivity index (χ3v) is 7.28. The van der Waals surface area contributed by atoms with E-state index >= 15 is 0 Å². The Balaban J connectivity index is 1.49. The van der Waals surface area contributed by atoms with Crippen molar-refractivity contribution in [2.24, 2.45) is 5.92 Å². The van der Waals surface area contributed by atoms with Crippen LogP contribution in [0.3, 0.4) is 0 Å². The van der Waals surface area contributed by atoms with Crippen LogP contribution in [-0.2, 0) is 19.6 Å². The molecular formula is C22H25N3O6S. The molecule has 9 nitrogen and oxygen atoms in total. The van der Waals surface area contributed by atoms with Crippen molar-refractivity contribution < 1.29 is 27.5 Å². The summed E-state index contributed by atoms with van der Waals surface area (Å²) in [7, 11) is -3.85. The molecular weight excluding hydrogens is 434 g/mol. The van der Waals surface area contributed by atoms with Gasteiger partial charge in [0.2, 0.25) is 15.9 Å². The van der Waals surface area contributed by atoms with E-state index in [1.165, 1.54) is 22.5 Å². The lowest BCUT2D eigenvalue weighted by molar-refractivity contribution is -0.121. The zero-order chi connectivity index (χ0) is 22.7. The summed E-state index contributed by atoms with van der Waals surface area (Å²) in [6.07, 6.45) is 1.15. The molecule has 10 heteroatoms. The topological polar surface area (TPSA) is 114 Å². The minimum Gasteiger partial charge on any atom is -0.492 e. The molecule has 0 spiro atoms. The summed E-state index contributed by atoms with van der Waals surface area (Å²) in [4.78, 5) is 24.5. The molecule has 2 aromatic rings. The Morgan fingerprint density at radius 2 is 2.09 bits per heavy atom. The third-order valence-electron chi connectivity index (χ3n) is 5.42. The number of carbonyl (C=O) groups is 2.